The van der Waals surface area contributed by atoms with Gasteiger partial charge in [-0.1, -0.05) is 37.5 Å². The lowest BCUT2D eigenvalue weighted by Crippen LogP contribution is -2.36. The Bertz CT molecular complexity index is 1610. The number of carbonyl (C=O) groups excluding carboxylic acids is 1. The largest absolute Gasteiger partial charge is 0.573 e. The highest BCUT2D eigenvalue weighted by molar-refractivity contribution is 5.82. The van der Waals surface area contributed by atoms with Crippen LogP contribution in [0, 0.1) is 5.92 Å². The van der Waals surface area contributed by atoms with Crippen LogP contribution in [0.2, 0.25) is 0 Å². The number of halogens is 3. The molecule has 3 aromatic carbocycles. The molecule has 3 N–H and O–H groups in total. The van der Waals surface area contributed by atoms with Crippen LogP contribution in [0.4, 0.5) is 18.9 Å². The van der Waals surface area contributed by atoms with Crippen molar-refractivity contribution in [3.05, 3.63) is 77.9 Å². The number of fused-ring (bicyclic) bond motifs is 1. The molecule has 1 aliphatic carbocycles. The zero-order valence-corrected chi connectivity index (χ0v) is 25.8. The number of alkyl halides is 3. The van der Waals surface area contributed by atoms with E-state index in [1.807, 2.05) is 30.3 Å². The van der Waals surface area contributed by atoms with Crippen LogP contribution in [-0.2, 0) is 16.1 Å². The fraction of sp³-hybridized carbons (Fsp3) is 0.429. The highest BCUT2D eigenvalue weighted by Crippen LogP contribution is 2.32. The second-order valence-corrected chi connectivity index (χ2v) is 12.2. The van der Waals surface area contributed by atoms with E-state index in [1.54, 1.807) is 12.1 Å². The van der Waals surface area contributed by atoms with Crippen LogP contribution in [0.3, 0.4) is 0 Å². The van der Waals surface area contributed by atoms with Crippen LogP contribution in [0.5, 0.6) is 5.75 Å². The number of hydrogen-bond acceptors (Lipinski definition) is 6. The molecule has 0 spiro atoms. The average Bonchev–Trinajstić information content (AvgIpc) is 3.41. The first-order chi connectivity index (χ1) is 22.2. The average molecular weight is 636 g/mol. The summed E-state index contributed by atoms with van der Waals surface area (Å²) in [7, 11) is 0. The van der Waals surface area contributed by atoms with Gasteiger partial charge < -0.3 is 30.0 Å². The first-order valence-electron chi connectivity index (χ1n) is 16.0. The molecule has 1 saturated carbocycles. The number of amides is 1. The molecule has 1 amide bonds. The molecule has 1 aliphatic heterocycles. The third kappa shape index (κ3) is 8.00. The maximum atomic E-state index is 12.7. The minimum Gasteiger partial charge on any atom is -0.406 e. The summed E-state index contributed by atoms with van der Waals surface area (Å²) < 4.78 is 49.8. The first kappa shape index (κ1) is 31.9. The van der Waals surface area contributed by atoms with E-state index in [2.05, 4.69) is 31.7 Å². The van der Waals surface area contributed by atoms with Crippen molar-refractivity contribution in [2.24, 2.45) is 11.7 Å². The SMILES string of the molecule is NC(=O)CC(NCC1CCCCC1)c1ccc2c(c1)nc(-c1ccc(N3CCOCC3)cc1)n2Cc1ccc(OC(F)(F)F)cc1. The minimum atomic E-state index is -4.75. The first-order valence-corrected chi connectivity index (χ1v) is 16.0. The maximum absolute atomic E-state index is 12.7. The second kappa shape index (κ2) is 14.1. The lowest BCUT2D eigenvalue weighted by Gasteiger charge is -2.28. The smallest absolute Gasteiger partial charge is 0.406 e. The lowest BCUT2D eigenvalue weighted by molar-refractivity contribution is -0.274. The Morgan fingerprint density at radius 3 is 2.39 bits per heavy atom. The number of ether oxygens (including phenoxy) is 2. The van der Waals surface area contributed by atoms with Crippen molar-refractivity contribution in [2.45, 2.75) is 57.5 Å². The van der Waals surface area contributed by atoms with Gasteiger partial charge in [-0.05, 0) is 85.0 Å². The summed E-state index contributed by atoms with van der Waals surface area (Å²) in [4.78, 5) is 19.4. The summed E-state index contributed by atoms with van der Waals surface area (Å²) >= 11 is 0. The summed E-state index contributed by atoms with van der Waals surface area (Å²) in [6.45, 7) is 4.26. The Balaban J connectivity index is 1.32. The standard InChI is InChI=1S/C35H40F3N5O3/c36-35(37,38)46-29-13-6-25(7-14-29)23-43-32-15-10-27(30(21-33(39)44)40-22-24-4-2-1-3-5-24)20-31(32)41-34(43)26-8-11-28(12-9-26)42-16-18-45-19-17-42/h6-15,20,24,30,40H,1-5,16-19,21-23H2,(H2,39,44). The van der Waals surface area contributed by atoms with E-state index in [1.165, 1.54) is 44.2 Å². The molecular formula is C35H40F3N5O3. The normalized spacial score (nSPS) is 16.9. The Hall–Kier alpha value is -4.09. The number of rotatable bonds is 11. The zero-order chi connectivity index (χ0) is 32.1. The van der Waals surface area contributed by atoms with Crippen molar-refractivity contribution in [1.29, 1.82) is 0 Å². The molecule has 0 bridgehead atoms. The van der Waals surface area contributed by atoms with Crippen molar-refractivity contribution in [3.63, 3.8) is 0 Å². The summed E-state index contributed by atoms with van der Waals surface area (Å²) in [5, 5.41) is 3.61. The topological polar surface area (TPSA) is 94.6 Å². The van der Waals surface area contributed by atoms with Crippen LogP contribution in [-0.4, -0.2) is 54.7 Å². The molecule has 11 heteroatoms. The van der Waals surface area contributed by atoms with Crippen LogP contribution in [0.15, 0.2) is 66.7 Å². The molecule has 1 atom stereocenters. The number of aromatic nitrogens is 2. The summed E-state index contributed by atoms with van der Waals surface area (Å²) in [5.74, 6) is 0.687. The third-order valence-electron chi connectivity index (χ3n) is 8.96. The third-order valence-corrected chi connectivity index (χ3v) is 8.96. The maximum Gasteiger partial charge on any atom is 0.573 e. The molecule has 8 nitrogen and oxygen atoms in total. The number of primary amides is 1. The molecule has 2 fully saturated rings. The highest BCUT2D eigenvalue weighted by Gasteiger charge is 2.31. The Labute approximate surface area is 266 Å². The molecule has 0 radical (unpaired) electrons. The molecule has 1 saturated heterocycles. The van der Waals surface area contributed by atoms with E-state index in [0.717, 1.165) is 58.9 Å². The van der Waals surface area contributed by atoms with Crippen molar-refractivity contribution in [2.75, 3.05) is 37.7 Å². The van der Waals surface area contributed by atoms with Gasteiger partial charge in [-0.3, -0.25) is 4.79 Å². The number of carbonyl (C=O) groups is 1. The van der Waals surface area contributed by atoms with Crippen LogP contribution in [0.25, 0.3) is 22.4 Å². The van der Waals surface area contributed by atoms with Gasteiger partial charge in [-0.15, -0.1) is 13.2 Å². The molecular weight excluding hydrogens is 595 g/mol. The molecule has 2 heterocycles. The van der Waals surface area contributed by atoms with Crippen molar-refractivity contribution >= 4 is 22.6 Å². The van der Waals surface area contributed by atoms with Gasteiger partial charge in [0.2, 0.25) is 5.91 Å². The number of anilines is 1. The zero-order valence-electron chi connectivity index (χ0n) is 25.8. The quantitative estimate of drug-likeness (QED) is 0.194. The molecule has 1 unspecified atom stereocenters. The summed E-state index contributed by atoms with van der Waals surface area (Å²) in [6.07, 6.45) is 1.58. The van der Waals surface area contributed by atoms with Gasteiger partial charge in [0.1, 0.15) is 11.6 Å². The second-order valence-electron chi connectivity index (χ2n) is 12.2. The van der Waals surface area contributed by atoms with E-state index in [4.69, 9.17) is 15.5 Å². The predicted molar refractivity (Wildman–Crippen MR) is 172 cm³/mol. The van der Waals surface area contributed by atoms with Gasteiger partial charge in [-0.25, -0.2) is 4.98 Å². The minimum absolute atomic E-state index is 0.182. The van der Waals surface area contributed by atoms with Gasteiger partial charge in [0.05, 0.1) is 24.2 Å². The van der Waals surface area contributed by atoms with Crippen LogP contribution >= 0.6 is 0 Å². The van der Waals surface area contributed by atoms with Gasteiger partial charge in [0.25, 0.3) is 0 Å². The summed E-state index contributed by atoms with van der Waals surface area (Å²) in [5.41, 5.74) is 11.1. The van der Waals surface area contributed by atoms with Crippen molar-refractivity contribution < 1.29 is 27.4 Å². The fourth-order valence-electron chi connectivity index (χ4n) is 6.58. The molecule has 6 rings (SSSR count). The van der Waals surface area contributed by atoms with Gasteiger partial charge in [0, 0.05) is 43.3 Å². The fourth-order valence-corrected chi connectivity index (χ4v) is 6.58. The van der Waals surface area contributed by atoms with Crippen molar-refractivity contribution in [1.82, 2.24) is 14.9 Å². The predicted octanol–water partition coefficient (Wildman–Crippen LogP) is 6.57. The van der Waals surface area contributed by atoms with Crippen molar-refractivity contribution in [3.8, 4) is 17.1 Å². The number of hydrogen-bond donors (Lipinski definition) is 2. The molecule has 2 aliphatic rings. The Morgan fingerprint density at radius 1 is 1.00 bits per heavy atom. The number of imidazole rings is 1. The van der Waals surface area contributed by atoms with E-state index < -0.39 is 6.36 Å². The summed E-state index contributed by atoms with van der Waals surface area (Å²) in [6, 6.07) is 20.0. The Kier molecular flexibility index (Phi) is 9.79. The molecule has 4 aromatic rings. The number of nitrogens with two attached hydrogens (primary N) is 1. The van der Waals surface area contributed by atoms with Crippen LogP contribution in [0.1, 0.15) is 55.7 Å². The Morgan fingerprint density at radius 2 is 1.72 bits per heavy atom. The van der Waals surface area contributed by atoms with E-state index >= 15 is 0 Å². The molecule has 1 aromatic heterocycles. The van der Waals surface area contributed by atoms with E-state index in [-0.39, 0.29) is 24.1 Å². The number of nitrogens with zero attached hydrogens (tertiary/aromatic N) is 3. The highest BCUT2D eigenvalue weighted by atomic mass is 19.4. The number of morpholine rings is 1. The van der Waals surface area contributed by atoms with Gasteiger partial charge in [0.15, 0.2) is 0 Å². The monoisotopic (exact) mass is 635 g/mol. The number of benzene rings is 3. The molecule has 244 valence electrons. The van der Waals surface area contributed by atoms with Gasteiger partial charge >= 0.3 is 6.36 Å². The van der Waals surface area contributed by atoms with Crippen LogP contribution < -0.4 is 20.7 Å². The van der Waals surface area contributed by atoms with E-state index in [9.17, 15) is 18.0 Å². The molecule has 46 heavy (non-hydrogen) atoms. The number of nitrogens with one attached hydrogen (secondary N) is 1. The van der Waals surface area contributed by atoms with E-state index in [0.29, 0.717) is 25.7 Å². The van der Waals surface area contributed by atoms with Gasteiger partial charge in [-0.2, -0.15) is 0 Å². The lowest BCUT2D eigenvalue weighted by atomic mass is 9.89.